The normalized spacial score (nSPS) is 10.1. The van der Waals surface area contributed by atoms with Gasteiger partial charge in [-0.05, 0) is 30.2 Å². The molecule has 0 aliphatic rings. The molecule has 1 aromatic carbocycles. The Morgan fingerprint density at radius 2 is 2.23 bits per heavy atom. The number of benzene rings is 1. The Balaban J connectivity index is 2.74. The van der Waals surface area contributed by atoms with Crippen LogP contribution in [0.2, 0.25) is 5.02 Å². The number of rotatable bonds is 4. The van der Waals surface area contributed by atoms with Crippen molar-refractivity contribution in [2.45, 2.75) is 13.3 Å². The van der Waals surface area contributed by atoms with Crippen LogP contribution >= 0.6 is 24.2 Å². The fourth-order valence-corrected chi connectivity index (χ4v) is 1.42. The van der Waals surface area contributed by atoms with Gasteiger partial charge in [0.2, 0.25) is 0 Å². The SMILES string of the molecule is CCc1cc(OCCS)ccc1Cl. The van der Waals surface area contributed by atoms with Gasteiger partial charge in [-0.15, -0.1) is 0 Å². The van der Waals surface area contributed by atoms with E-state index in [4.69, 9.17) is 16.3 Å². The van der Waals surface area contributed by atoms with Crippen molar-refractivity contribution in [2.75, 3.05) is 12.4 Å². The van der Waals surface area contributed by atoms with Crippen LogP contribution in [0.4, 0.5) is 0 Å². The van der Waals surface area contributed by atoms with Crippen molar-refractivity contribution < 1.29 is 4.74 Å². The van der Waals surface area contributed by atoms with Crippen molar-refractivity contribution in [3.05, 3.63) is 28.8 Å². The Morgan fingerprint density at radius 1 is 1.46 bits per heavy atom. The third-order valence-corrected chi connectivity index (χ3v) is 2.31. The number of thiol groups is 1. The van der Waals surface area contributed by atoms with Crippen LogP contribution in [0.3, 0.4) is 0 Å². The van der Waals surface area contributed by atoms with E-state index in [0.29, 0.717) is 6.61 Å². The van der Waals surface area contributed by atoms with E-state index in [1.165, 1.54) is 0 Å². The molecule has 0 atom stereocenters. The van der Waals surface area contributed by atoms with Crippen molar-refractivity contribution in [1.82, 2.24) is 0 Å². The van der Waals surface area contributed by atoms with Crippen molar-refractivity contribution in [1.29, 1.82) is 0 Å². The predicted molar refractivity (Wildman–Crippen MR) is 60.2 cm³/mol. The third-order valence-electron chi connectivity index (χ3n) is 1.76. The molecule has 3 heteroatoms. The largest absolute Gasteiger partial charge is 0.493 e. The summed E-state index contributed by atoms with van der Waals surface area (Å²) in [4.78, 5) is 0. The molecule has 0 N–H and O–H groups in total. The van der Waals surface area contributed by atoms with Crippen molar-refractivity contribution in [3.63, 3.8) is 0 Å². The Labute approximate surface area is 89.5 Å². The number of aryl methyl sites for hydroxylation is 1. The van der Waals surface area contributed by atoms with Crippen molar-refractivity contribution in [3.8, 4) is 5.75 Å². The minimum atomic E-state index is 0.633. The molecule has 0 aliphatic carbocycles. The van der Waals surface area contributed by atoms with Gasteiger partial charge in [0.25, 0.3) is 0 Å². The van der Waals surface area contributed by atoms with Crippen LogP contribution in [0.1, 0.15) is 12.5 Å². The molecule has 0 amide bonds. The van der Waals surface area contributed by atoms with Crippen LogP contribution in [-0.2, 0) is 6.42 Å². The second kappa shape index (κ2) is 5.40. The Morgan fingerprint density at radius 3 is 2.85 bits per heavy atom. The van der Waals surface area contributed by atoms with Gasteiger partial charge in [-0.25, -0.2) is 0 Å². The first kappa shape index (κ1) is 10.7. The number of ether oxygens (including phenoxy) is 1. The lowest BCUT2D eigenvalue weighted by molar-refractivity contribution is 0.344. The van der Waals surface area contributed by atoms with E-state index in [0.717, 1.165) is 28.5 Å². The van der Waals surface area contributed by atoms with Gasteiger partial charge < -0.3 is 4.74 Å². The van der Waals surface area contributed by atoms with Gasteiger partial charge in [0.1, 0.15) is 5.75 Å². The topological polar surface area (TPSA) is 9.23 Å². The standard InChI is InChI=1S/C10H13ClOS/c1-2-8-7-9(12-5-6-13)3-4-10(8)11/h3-4,7,13H,2,5-6H2,1H3. The minimum absolute atomic E-state index is 0.633. The maximum Gasteiger partial charge on any atom is 0.119 e. The molecule has 72 valence electrons. The molecule has 1 nitrogen and oxygen atoms in total. The number of halogens is 1. The summed E-state index contributed by atoms with van der Waals surface area (Å²) in [5.74, 6) is 1.60. The van der Waals surface area contributed by atoms with Crippen molar-refractivity contribution in [2.24, 2.45) is 0 Å². The quantitative estimate of drug-likeness (QED) is 0.761. The highest BCUT2D eigenvalue weighted by atomic mass is 35.5. The number of hydrogen-bond donors (Lipinski definition) is 1. The molecule has 0 saturated carbocycles. The van der Waals surface area contributed by atoms with E-state index in [2.05, 4.69) is 19.6 Å². The first-order valence-corrected chi connectivity index (χ1v) is 5.31. The van der Waals surface area contributed by atoms with Gasteiger partial charge in [-0.2, -0.15) is 12.6 Å². The first-order chi connectivity index (χ1) is 6.27. The molecule has 0 unspecified atom stereocenters. The fraction of sp³-hybridized carbons (Fsp3) is 0.400. The lowest BCUT2D eigenvalue weighted by atomic mass is 10.1. The van der Waals surface area contributed by atoms with E-state index < -0.39 is 0 Å². The summed E-state index contributed by atoms with van der Waals surface area (Å²) in [5, 5.41) is 0.806. The van der Waals surface area contributed by atoms with Gasteiger partial charge in [-0.1, -0.05) is 18.5 Å². The monoisotopic (exact) mass is 216 g/mol. The summed E-state index contributed by atoms with van der Waals surface area (Å²) in [6, 6.07) is 5.73. The highest BCUT2D eigenvalue weighted by Crippen LogP contribution is 2.22. The molecule has 1 rings (SSSR count). The molecule has 13 heavy (non-hydrogen) atoms. The molecular formula is C10H13ClOS. The van der Waals surface area contributed by atoms with Crippen LogP contribution in [0.5, 0.6) is 5.75 Å². The van der Waals surface area contributed by atoms with E-state index >= 15 is 0 Å². The van der Waals surface area contributed by atoms with Gasteiger partial charge in [-0.3, -0.25) is 0 Å². The molecule has 0 radical (unpaired) electrons. The lowest BCUT2D eigenvalue weighted by Crippen LogP contribution is -1.98. The maximum atomic E-state index is 5.96. The van der Waals surface area contributed by atoms with Gasteiger partial charge in [0.05, 0.1) is 6.61 Å². The van der Waals surface area contributed by atoms with E-state index in [1.807, 2.05) is 18.2 Å². The van der Waals surface area contributed by atoms with E-state index in [9.17, 15) is 0 Å². The second-order valence-corrected chi connectivity index (χ2v) is 3.53. The molecule has 0 aromatic heterocycles. The smallest absolute Gasteiger partial charge is 0.119 e. The highest BCUT2D eigenvalue weighted by molar-refractivity contribution is 7.80. The Hall–Kier alpha value is -0.340. The lowest BCUT2D eigenvalue weighted by Gasteiger charge is -2.06. The summed E-state index contributed by atoms with van der Waals surface area (Å²) in [6.07, 6.45) is 0.927. The Kier molecular flexibility index (Phi) is 4.46. The molecule has 0 saturated heterocycles. The highest BCUT2D eigenvalue weighted by Gasteiger charge is 2.00. The van der Waals surface area contributed by atoms with Gasteiger partial charge in [0, 0.05) is 10.8 Å². The minimum Gasteiger partial charge on any atom is -0.493 e. The van der Waals surface area contributed by atoms with Crippen LogP contribution in [0.25, 0.3) is 0 Å². The summed E-state index contributed by atoms with van der Waals surface area (Å²) in [5.41, 5.74) is 1.12. The third kappa shape index (κ3) is 3.12. The van der Waals surface area contributed by atoms with Crippen molar-refractivity contribution >= 4 is 24.2 Å². The van der Waals surface area contributed by atoms with Gasteiger partial charge >= 0.3 is 0 Å². The first-order valence-electron chi connectivity index (χ1n) is 4.30. The summed E-state index contributed by atoms with van der Waals surface area (Å²) >= 11 is 10.0. The summed E-state index contributed by atoms with van der Waals surface area (Å²) in [7, 11) is 0. The predicted octanol–water partition coefficient (Wildman–Crippen LogP) is 3.21. The average Bonchev–Trinajstić information content (AvgIpc) is 2.16. The zero-order valence-corrected chi connectivity index (χ0v) is 9.24. The molecule has 0 aliphatic heterocycles. The molecule has 1 aromatic rings. The maximum absolute atomic E-state index is 5.96. The average molecular weight is 217 g/mol. The molecule has 0 bridgehead atoms. The Bertz CT molecular complexity index is 276. The number of hydrogen-bond acceptors (Lipinski definition) is 2. The summed E-state index contributed by atoms with van der Waals surface area (Å²) in [6.45, 7) is 2.71. The zero-order chi connectivity index (χ0) is 9.68. The molecule has 0 heterocycles. The second-order valence-electron chi connectivity index (χ2n) is 2.68. The van der Waals surface area contributed by atoms with Crippen LogP contribution in [-0.4, -0.2) is 12.4 Å². The van der Waals surface area contributed by atoms with Crippen LogP contribution < -0.4 is 4.74 Å². The van der Waals surface area contributed by atoms with Crippen LogP contribution in [0, 0.1) is 0 Å². The fourth-order valence-electron chi connectivity index (χ4n) is 1.08. The summed E-state index contributed by atoms with van der Waals surface area (Å²) < 4.78 is 5.42. The van der Waals surface area contributed by atoms with E-state index in [1.54, 1.807) is 0 Å². The van der Waals surface area contributed by atoms with E-state index in [-0.39, 0.29) is 0 Å². The van der Waals surface area contributed by atoms with Gasteiger partial charge in [0.15, 0.2) is 0 Å². The molecule has 0 spiro atoms. The molecular weight excluding hydrogens is 204 g/mol. The van der Waals surface area contributed by atoms with Crippen LogP contribution in [0.15, 0.2) is 18.2 Å². The zero-order valence-electron chi connectivity index (χ0n) is 7.59. The molecule has 0 fully saturated rings.